The molecule has 0 heterocycles. The SMILES string of the molecule is Cc1ccc(C(O)CNc2cccc(C)c2C)cc1. The van der Waals surface area contributed by atoms with Gasteiger partial charge in [0.2, 0.25) is 0 Å². The lowest BCUT2D eigenvalue weighted by Gasteiger charge is -2.15. The largest absolute Gasteiger partial charge is 0.387 e. The van der Waals surface area contributed by atoms with Crippen LogP contribution in [0.4, 0.5) is 5.69 Å². The van der Waals surface area contributed by atoms with Crippen LogP contribution < -0.4 is 5.32 Å². The van der Waals surface area contributed by atoms with Crippen LogP contribution in [0.5, 0.6) is 0 Å². The van der Waals surface area contributed by atoms with Gasteiger partial charge in [-0.25, -0.2) is 0 Å². The average Bonchev–Trinajstić information content (AvgIpc) is 2.41. The molecule has 1 unspecified atom stereocenters. The maximum atomic E-state index is 10.2. The van der Waals surface area contributed by atoms with Gasteiger partial charge in [0, 0.05) is 12.2 Å². The Labute approximate surface area is 115 Å². The Hall–Kier alpha value is -1.80. The zero-order chi connectivity index (χ0) is 13.8. The van der Waals surface area contributed by atoms with Crippen molar-refractivity contribution in [2.24, 2.45) is 0 Å². The smallest absolute Gasteiger partial charge is 0.0962 e. The Morgan fingerprint density at radius 3 is 2.37 bits per heavy atom. The fraction of sp³-hybridized carbons (Fsp3) is 0.294. The van der Waals surface area contributed by atoms with Crippen molar-refractivity contribution in [3.63, 3.8) is 0 Å². The van der Waals surface area contributed by atoms with E-state index < -0.39 is 6.10 Å². The van der Waals surface area contributed by atoms with Gasteiger partial charge in [0.05, 0.1) is 6.10 Å². The zero-order valence-corrected chi connectivity index (χ0v) is 11.8. The molecule has 2 rings (SSSR count). The fourth-order valence-electron chi connectivity index (χ4n) is 2.06. The van der Waals surface area contributed by atoms with E-state index in [0.717, 1.165) is 11.3 Å². The highest BCUT2D eigenvalue weighted by molar-refractivity contribution is 5.53. The van der Waals surface area contributed by atoms with Crippen LogP contribution in [0.1, 0.15) is 28.4 Å². The molecule has 0 aliphatic carbocycles. The van der Waals surface area contributed by atoms with Gasteiger partial charge in [0.15, 0.2) is 0 Å². The van der Waals surface area contributed by atoms with E-state index in [4.69, 9.17) is 0 Å². The summed E-state index contributed by atoms with van der Waals surface area (Å²) in [4.78, 5) is 0. The molecule has 2 heteroatoms. The molecule has 0 amide bonds. The molecule has 2 aromatic rings. The van der Waals surface area contributed by atoms with Gasteiger partial charge in [0.25, 0.3) is 0 Å². The Balaban J connectivity index is 2.02. The minimum atomic E-state index is -0.486. The number of benzene rings is 2. The van der Waals surface area contributed by atoms with Crippen LogP contribution in [0.2, 0.25) is 0 Å². The zero-order valence-electron chi connectivity index (χ0n) is 11.8. The first-order valence-corrected chi connectivity index (χ1v) is 6.62. The number of nitrogens with one attached hydrogen (secondary N) is 1. The third kappa shape index (κ3) is 3.36. The van der Waals surface area contributed by atoms with E-state index in [0.29, 0.717) is 6.54 Å². The fourth-order valence-corrected chi connectivity index (χ4v) is 2.06. The minimum Gasteiger partial charge on any atom is -0.387 e. The summed E-state index contributed by atoms with van der Waals surface area (Å²) < 4.78 is 0. The van der Waals surface area contributed by atoms with Crippen molar-refractivity contribution < 1.29 is 5.11 Å². The van der Waals surface area contributed by atoms with E-state index in [-0.39, 0.29) is 0 Å². The molecule has 0 fully saturated rings. The number of rotatable bonds is 4. The molecule has 2 nitrogen and oxygen atoms in total. The van der Waals surface area contributed by atoms with E-state index in [1.54, 1.807) is 0 Å². The van der Waals surface area contributed by atoms with Gasteiger partial charge in [-0.2, -0.15) is 0 Å². The molecule has 19 heavy (non-hydrogen) atoms. The highest BCUT2D eigenvalue weighted by Gasteiger charge is 2.08. The monoisotopic (exact) mass is 255 g/mol. The second-order valence-corrected chi connectivity index (χ2v) is 5.05. The average molecular weight is 255 g/mol. The molecule has 100 valence electrons. The predicted molar refractivity (Wildman–Crippen MR) is 80.5 cm³/mol. The predicted octanol–water partition coefficient (Wildman–Crippen LogP) is 3.76. The summed E-state index contributed by atoms with van der Waals surface area (Å²) in [5.74, 6) is 0. The first-order chi connectivity index (χ1) is 9.08. The second-order valence-electron chi connectivity index (χ2n) is 5.05. The molecule has 0 spiro atoms. The molecule has 1 atom stereocenters. The van der Waals surface area contributed by atoms with E-state index in [9.17, 15) is 5.11 Å². The minimum absolute atomic E-state index is 0.486. The summed E-state index contributed by atoms with van der Waals surface area (Å²) in [6, 6.07) is 14.2. The third-order valence-corrected chi connectivity index (χ3v) is 3.55. The summed E-state index contributed by atoms with van der Waals surface area (Å²) in [6.07, 6.45) is -0.486. The number of aliphatic hydroxyl groups is 1. The van der Waals surface area contributed by atoms with Gasteiger partial charge in [0.1, 0.15) is 0 Å². The molecule has 0 bridgehead atoms. The molecule has 0 saturated carbocycles. The lowest BCUT2D eigenvalue weighted by Crippen LogP contribution is -2.13. The second kappa shape index (κ2) is 5.89. The van der Waals surface area contributed by atoms with Crippen molar-refractivity contribution >= 4 is 5.69 Å². The van der Waals surface area contributed by atoms with Crippen LogP contribution in [0.3, 0.4) is 0 Å². The van der Waals surface area contributed by atoms with Crippen LogP contribution >= 0.6 is 0 Å². The topological polar surface area (TPSA) is 32.3 Å². The van der Waals surface area contributed by atoms with Gasteiger partial charge in [-0.15, -0.1) is 0 Å². The van der Waals surface area contributed by atoms with Crippen LogP contribution in [-0.4, -0.2) is 11.7 Å². The molecule has 0 saturated heterocycles. The number of aryl methyl sites for hydroxylation is 2. The maximum absolute atomic E-state index is 10.2. The van der Waals surface area contributed by atoms with Crippen LogP contribution in [0.25, 0.3) is 0 Å². The van der Waals surface area contributed by atoms with E-state index in [2.05, 4.69) is 25.2 Å². The van der Waals surface area contributed by atoms with E-state index in [1.807, 2.05) is 43.3 Å². The molecule has 0 aromatic heterocycles. The van der Waals surface area contributed by atoms with Crippen LogP contribution in [0, 0.1) is 20.8 Å². The Kier molecular flexibility index (Phi) is 4.23. The standard InChI is InChI=1S/C17H21NO/c1-12-7-9-15(10-8-12)17(19)11-18-16-6-4-5-13(2)14(16)3/h4-10,17-19H,11H2,1-3H3. The first-order valence-electron chi connectivity index (χ1n) is 6.62. The van der Waals surface area contributed by atoms with Crippen LogP contribution in [0.15, 0.2) is 42.5 Å². The molecule has 2 aromatic carbocycles. The number of hydrogen-bond acceptors (Lipinski definition) is 2. The lowest BCUT2D eigenvalue weighted by molar-refractivity contribution is 0.191. The van der Waals surface area contributed by atoms with Crippen molar-refractivity contribution in [3.8, 4) is 0 Å². The lowest BCUT2D eigenvalue weighted by atomic mass is 10.1. The first kappa shape index (κ1) is 13.6. The quantitative estimate of drug-likeness (QED) is 0.872. The number of aliphatic hydroxyl groups excluding tert-OH is 1. The summed E-state index contributed by atoms with van der Waals surface area (Å²) in [5.41, 5.74) is 5.74. The molecule has 0 radical (unpaired) electrons. The summed E-state index contributed by atoms with van der Waals surface area (Å²) in [5, 5.41) is 13.5. The van der Waals surface area contributed by atoms with Crippen molar-refractivity contribution in [2.45, 2.75) is 26.9 Å². The highest BCUT2D eigenvalue weighted by atomic mass is 16.3. The molecule has 0 aliphatic heterocycles. The van der Waals surface area contributed by atoms with Crippen molar-refractivity contribution in [1.29, 1.82) is 0 Å². The van der Waals surface area contributed by atoms with Crippen LogP contribution in [-0.2, 0) is 0 Å². The molecule has 0 aliphatic rings. The van der Waals surface area contributed by atoms with Crippen molar-refractivity contribution in [2.75, 3.05) is 11.9 Å². The van der Waals surface area contributed by atoms with Gasteiger partial charge in [-0.05, 0) is 43.5 Å². The van der Waals surface area contributed by atoms with Gasteiger partial charge in [-0.1, -0.05) is 42.0 Å². The van der Waals surface area contributed by atoms with Gasteiger partial charge >= 0.3 is 0 Å². The molecule has 2 N–H and O–H groups in total. The maximum Gasteiger partial charge on any atom is 0.0962 e. The number of anilines is 1. The summed E-state index contributed by atoms with van der Waals surface area (Å²) in [7, 11) is 0. The summed E-state index contributed by atoms with van der Waals surface area (Å²) >= 11 is 0. The number of hydrogen-bond donors (Lipinski definition) is 2. The molecular formula is C17H21NO. The Bertz CT molecular complexity index is 546. The van der Waals surface area contributed by atoms with Crippen molar-refractivity contribution in [1.82, 2.24) is 0 Å². The highest BCUT2D eigenvalue weighted by Crippen LogP contribution is 2.20. The third-order valence-electron chi connectivity index (χ3n) is 3.55. The van der Waals surface area contributed by atoms with E-state index in [1.165, 1.54) is 16.7 Å². The Morgan fingerprint density at radius 1 is 1.00 bits per heavy atom. The van der Waals surface area contributed by atoms with Gasteiger partial charge < -0.3 is 10.4 Å². The molecular weight excluding hydrogens is 234 g/mol. The van der Waals surface area contributed by atoms with Crippen molar-refractivity contribution in [3.05, 3.63) is 64.7 Å². The Morgan fingerprint density at radius 2 is 1.68 bits per heavy atom. The normalized spacial score (nSPS) is 12.2. The summed E-state index contributed by atoms with van der Waals surface area (Å²) in [6.45, 7) is 6.75. The van der Waals surface area contributed by atoms with Gasteiger partial charge in [-0.3, -0.25) is 0 Å². The van der Waals surface area contributed by atoms with E-state index >= 15 is 0 Å².